The number of amides is 1. The molecule has 0 radical (unpaired) electrons. The first-order valence-corrected chi connectivity index (χ1v) is 10.4. The third-order valence-electron chi connectivity index (χ3n) is 5.73. The van der Waals surface area contributed by atoms with Crippen LogP contribution in [0, 0.1) is 0 Å². The maximum Gasteiger partial charge on any atom is 0.292 e. The first-order valence-electron chi connectivity index (χ1n) is 10.4. The van der Waals surface area contributed by atoms with Crippen LogP contribution in [0.1, 0.15) is 45.7 Å². The van der Waals surface area contributed by atoms with E-state index in [0.29, 0.717) is 24.4 Å². The van der Waals surface area contributed by atoms with Gasteiger partial charge in [-0.3, -0.25) is 4.79 Å². The third-order valence-corrected chi connectivity index (χ3v) is 5.73. The van der Waals surface area contributed by atoms with Crippen molar-refractivity contribution in [3.05, 3.63) is 83.8 Å². The third kappa shape index (κ3) is 3.22. The molecular weight excluding hydrogens is 446 g/mol. The maximum atomic E-state index is 13.6. The molecule has 1 aliphatic rings. The van der Waals surface area contributed by atoms with Gasteiger partial charge in [0.05, 0.1) is 29.4 Å². The van der Waals surface area contributed by atoms with Crippen LogP contribution in [-0.2, 0) is 6.42 Å². The first kappa shape index (κ1) is 20.1. The smallest absolute Gasteiger partial charge is 0.292 e. The molecular formula is C22H16F2N8O2. The zero-order valence-electron chi connectivity index (χ0n) is 17.5. The molecule has 170 valence electrons. The normalized spacial score (nSPS) is 15.7. The van der Waals surface area contributed by atoms with Crippen molar-refractivity contribution in [3.8, 4) is 11.7 Å². The average Bonchev–Trinajstić information content (AvgIpc) is 3.62. The summed E-state index contributed by atoms with van der Waals surface area (Å²) in [5, 5.41) is 4.51. The molecule has 6 rings (SSSR count). The van der Waals surface area contributed by atoms with Gasteiger partial charge in [-0.05, 0) is 24.3 Å². The summed E-state index contributed by atoms with van der Waals surface area (Å²) in [5.74, 6) is -0.0542. The molecule has 0 saturated carbocycles. The zero-order valence-corrected chi connectivity index (χ0v) is 17.5. The Balaban J connectivity index is 1.42. The number of pyridine rings is 1. The van der Waals surface area contributed by atoms with E-state index in [1.165, 1.54) is 22.8 Å². The quantitative estimate of drug-likeness (QED) is 0.436. The van der Waals surface area contributed by atoms with Crippen LogP contribution in [0.25, 0.3) is 17.2 Å². The summed E-state index contributed by atoms with van der Waals surface area (Å²) < 4.78 is 34.2. The number of H-pyrrole nitrogens is 1. The molecule has 10 nitrogen and oxygen atoms in total. The fourth-order valence-corrected chi connectivity index (χ4v) is 4.20. The molecule has 1 aliphatic heterocycles. The van der Waals surface area contributed by atoms with E-state index < -0.39 is 18.4 Å². The molecule has 0 saturated heterocycles. The molecule has 0 aromatic carbocycles. The number of imidazole rings is 1. The van der Waals surface area contributed by atoms with Gasteiger partial charge in [0.2, 0.25) is 11.6 Å². The van der Waals surface area contributed by atoms with Gasteiger partial charge in [-0.1, -0.05) is 0 Å². The Morgan fingerprint density at radius 1 is 1.18 bits per heavy atom. The highest BCUT2D eigenvalue weighted by molar-refractivity contribution is 5.92. The molecule has 0 fully saturated rings. The molecule has 12 heteroatoms. The number of nitrogens with one attached hydrogen (secondary N) is 1. The van der Waals surface area contributed by atoms with Crippen molar-refractivity contribution in [2.75, 3.05) is 6.54 Å². The number of carbonyl (C=O) groups is 1. The Kier molecular flexibility index (Phi) is 4.64. The van der Waals surface area contributed by atoms with Gasteiger partial charge in [0.25, 0.3) is 18.2 Å². The van der Waals surface area contributed by atoms with Crippen molar-refractivity contribution in [3.63, 3.8) is 0 Å². The van der Waals surface area contributed by atoms with Crippen molar-refractivity contribution in [1.82, 2.24) is 39.4 Å². The van der Waals surface area contributed by atoms with Crippen LogP contribution in [-0.4, -0.2) is 51.9 Å². The molecule has 34 heavy (non-hydrogen) atoms. The lowest BCUT2D eigenvalue weighted by Crippen LogP contribution is -2.40. The van der Waals surface area contributed by atoms with Crippen LogP contribution < -0.4 is 0 Å². The highest BCUT2D eigenvalue weighted by Gasteiger charge is 2.37. The molecule has 0 aliphatic carbocycles. The minimum Gasteiger partial charge on any atom is -0.428 e. The lowest BCUT2D eigenvalue weighted by molar-refractivity contribution is 0.0655. The number of alkyl halides is 2. The van der Waals surface area contributed by atoms with Crippen LogP contribution in [0.3, 0.4) is 0 Å². The fourth-order valence-electron chi connectivity index (χ4n) is 4.20. The van der Waals surface area contributed by atoms with E-state index in [1.54, 1.807) is 42.0 Å². The highest BCUT2D eigenvalue weighted by atomic mass is 19.3. The lowest BCUT2D eigenvalue weighted by atomic mass is 9.99. The second-order valence-corrected chi connectivity index (χ2v) is 7.68. The first-order chi connectivity index (χ1) is 16.6. The van der Waals surface area contributed by atoms with Crippen LogP contribution >= 0.6 is 0 Å². The predicted molar refractivity (Wildman–Crippen MR) is 113 cm³/mol. The van der Waals surface area contributed by atoms with Crippen molar-refractivity contribution in [2.24, 2.45) is 0 Å². The molecule has 1 unspecified atom stereocenters. The van der Waals surface area contributed by atoms with Gasteiger partial charge in [0.15, 0.2) is 0 Å². The van der Waals surface area contributed by atoms with Crippen LogP contribution in [0.2, 0.25) is 0 Å². The summed E-state index contributed by atoms with van der Waals surface area (Å²) in [6, 6.07) is 5.40. The van der Waals surface area contributed by atoms with Gasteiger partial charge in [-0.2, -0.15) is 5.10 Å². The lowest BCUT2D eigenvalue weighted by Gasteiger charge is -2.33. The van der Waals surface area contributed by atoms with E-state index in [0.717, 1.165) is 5.69 Å². The van der Waals surface area contributed by atoms with Gasteiger partial charge >= 0.3 is 0 Å². The standard InChI is InChI=1S/C22H16F2N8O2/c23-19(24)12-3-1-7-32-15(12)9-14(30-32)18-17-13(28-11-29-17)4-8-31(18)22(33)16-10-27-21(34-16)20-25-5-2-6-26-20/h1-3,5-7,9-11,18-19H,4,8H2,(H,28,29). The van der Waals surface area contributed by atoms with Crippen molar-refractivity contribution in [1.29, 1.82) is 0 Å². The summed E-state index contributed by atoms with van der Waals surface area (Å²) >= 11 is 0. The summed E-state index contributed by atoms with van der Waals surface area (Å²) in [5.41, 5.74) is 2.01. The summed E-state index contributed by atoms with van der Waals surface area (Å²) in [7, 11) is 0. The van der Waals surface area contributed by atoms with E-state index in [1.807, 2.05) is 0 Å². The minimum absolute atomic E-state index is 0.00322. The second-order valence-electron chi connectivity index (χ2n) is 7.68. The fraction of sp³-hybridized carbons (Fsp3) is 0.182. The van der Waals surface area contributed by atoms with Gasteiger partial charge in [-0.25, -0.2) is 33.2 Å². The van der Waals surface area contributed by atoms with Gasteiger partial charge < -0.3 is 14.3 Å². The summed E-state index contributed by atoms with van der Waals surface area (Å²) in [4.78, 5) is 34.9. The van der Waals surface area contributed by atoms with Crippen LogP contribution in [0.15, 0.2) is 59.8 Å². The number of fused-ring (bicyclic) bond motifs is 2. The molecule has 0 spiro atoms. The highest BCUT2D eigenvalue weighted by Crippen LogP contribution is 2.35. The molecule has 1 amide bonds. The molecule has 5 aromatic rings. The van der Waals surface area contributed by atoms with Crippen LogP contribution in [0.5, 0.6) is 0 Å². The topological polar surface area (TPSA) is 118 Å². The van der Waals surface area contributed by atoms with E-state index >= 15 is 0 Å². The molecule has 1 atom stereocenters. The average molecular weight is 462 g/mol. The van der Waals surface area contributed by atoms with E-state index in [-0.39, 0.29) is 28.6 Å². The minimum atomic E-state index is -2.66. The molecule has 1 N–H and O–H groups in total. The zero-order chi connectivity index (χ0) is 23.2. The molecule has 0 bridgehead atoms. The van der Waals surface area contributed by atoms with Gasteiger partial charge in [0.1, 0.15) is 6.04 Å². The Labute approximate surface area is 190 Å². The Bertz CT molecular complexity index is 1490. The number of rotatable bonds is 4. The number of aromatic amines is 1. The summed E-state index contributed by atoms with van der Waals surface area (Å²) in [6.07, 6.45) is 5.43. The van der Waals surface area contributed by atoms with E-state index in [2.05, 4.69) is 30.0 Å². The number of halogens is 2. The number of oxazole rings is 1. The number of nitrogens with zero attached hydrogens (tertiary/aromatic N) is 7. The van der Waals surface area contributed by atoms with E-state index in [4.69, 9.17) is 4.42 Å². The SMILES string of the molecule is O=C(c1cnc(-c2ncccn2)o1)N1CCc2[nH]cnc2C1c1cc2c(C(F)F)cccn2n1. The maximum absolute atomic E-state index is 13.6. The Morgan fingerprint density at radius 3 is 2.85 bits per heavy atom. The largest absolute Gasteiger partial charge is 0.428 e. The van der Waals surface area contributed by atoms with Gasteiger partial charge in [-0.15, -0.1) is 0 Å². The van der Waals surface area contributed by atoms with Crippen LogP contribution in [0.4, 0.5) is 8.78 Å². The number of hydrogen-bond donors (Lipinski definition) is 1. The van der Waals surface area contributed by atoms with Crippen molar-refractivity contribution >= 4 is 11.4 Å². The predicted octanol–water partition coefficient (Wildman–Crippen LogP) is 3.23. The number of aromatic nitrogens is 7. The van der Waals surface area contributed by atoms with E-state index in [9.17, 15) is 13.6 Å². The Hall–Kier alpha value is -4.48. The van der Waals surface area contributed by atoms with Gasteiger partial charge in [0, 0.05) is 42.8 Å². The monoisotopic (exact) mass is 462 g/mol. The molecule has 5 aromatic heterocycles. The van der Waals surface area contributed by atoms with Crippen molar-refractivity contribution in [2.45, 2.75) is 18.9 Å². The molecule has 6 heterocycles. The number of hydrogen-bond acceptors (Lipinski definition) is 7. The number of carbonyl (C=O) groups excluding carboxylic acids is 1. The second kappa shape index (κ2) is 7.83. The summed E-state index contributed by atoms with van der Waals surface area (Å²) in [6.45, 7) is 0.339. The van der Waals surface area contributed by atoms with Crippen molar-refractivity contribution < 1.29 is 18.0 Å². The Morgan fingerprint density at radius 2 is 2.03 bits per heavy atom.